The summed E-state index contributed by atoms with van der Waals surface area (Å²) >= 11 is 0. The molecule has 0 saturated heterocycles. The molecule has 74 valence electrons. The van der Waals surface area contributed by atoms with Crippen molar-refractivity contribution in [1.82, 2.24) is 10.2 Å². The fourth-order valence-electron chi connectivity index (χ4n) is 1.14. The highest BCUT2D eigenvalue weighted by molar-refractivity contribution is 5.55. The summed E-state index contributed by atoms with van der Waals surface area (Å²) in [5.41, 5.74) is 0.725. The summed E-state index contributed by atoms with van der Waals surface area (Å²) in [5, 5.41) is 15.8. The molecule has 0 aliphatic heterocycles. The second-order valence-electron chi connectivity index (χ2n) is 2.76. The standard InChI is InChI=1S/C10H7N3O2/c1-14-8-4-2-3-7(5-8)10-13-12-9(6-11)15-10/h2-5H,1H3. The van der Waals surface area contributed by atoms with Crippen LogP contribution in [0.25, 0.3) is 11.5 Å². The van der Waals surface area contributed by atoms with Crippen molar-refractivity contribution >= 4 is 0 Å². The first kappa shape index (κ1) is 9.21. The smallest absolute Gasteiger partial charge is 0.321 e. The summed E-state index contributed by atoms with van der Waals surface area (Å²) in [7, 11) is 1.58. The van der Waals surface area contributed by atoms with Gasteiger partial charge >= 0.3 is 5.89 Å². The lowest BCUT2D eigenvalue weighted by molar-refractivity contribution is 0.414. The molecule has 0 atom stereocenters. The van der Waals surface area contributed by atoms with Gasteiger partial charge in [0.25, 0.3) is 0 Å². The van der Waals surface area contributed by atoms with Crippen LogP contribution in [0.1, 0.15) is 5.89 Å². The largest absolute Gasteiger partial charge is 0.497 e. The van der Waals surface area contributed by atoms with Crippen LogP contribution in [0.4, 0.5) is 0 Å². The fourth-order valence-corrected chi connectivity index (χ4v) is 1.14. The maximum Gasteiger partial charge on any atom is 0.321 e. The normalized spacial score (nSPS) is 9.60. The summed E-state index contributed by atoms with van der Waals surface area (Å²) in [6.45, 7) is 0. The second-order valence-corrected chi connectivity index (χ2v) is 2.76. The Kier molecular flexibility index (Phi) is 2.33. The molecule has 15 heavy (non-hydrogen) atoms. The molecule has 0 fully saturated rings. The molecule has 0 radical (unpaired) electrons. The zero-order chi connectivity index (χ0) is 10.7. The number of hydrogen-bond acceptors (Lipinski definition) is 5. The van der Waals surface area contributed by atoms with Crippen molar-refractivity contribution < 1.29 is 9.15 Å². The van der Waals surface area contributed by atoms with Gasteiger partial charge in [0.1, 0.15) is 5.75 Å². The first-order chi connectivity index (χ1) is 7.33. The van der Waals surface area contributed by atoms with Gasteiger partial charge < -0.3 is 9.15 Å². The minimum Gasteiger partial charge on any atom is -0.497 e. The van der Waals surface area contributed by atoms with E-state index in [1.165, 1.54) is 0 Å². The Balaban J connectivity index is 2.41. The van der Waals surface area contributed by atoms with Crippen LogP contribution in [0.5, 0.6) is 5.75 Å². The zero-order valence-electron chi connectivity index (χ0n) is 7.97. The molecule has 1 aromatic heterocycles. The predicted octanol–water partition coefficient (Wildman–Crippen LogP) is 1.62. The predicted molar refractivity (Wildman–Crippen MR) is 51.0 cm³/mol. The SMILES string of the molecule is COc1cccc(-c2nnc(C#N)o2)c1. The van der Waals surface area contributed by atoms with Gasteiger partial charge in [-0.3, -0.25) is 0 Å². The third-order valence-electron chi connectivity index (χ3n) is 1.84. The van der Waals surface area contributed by atoms with Crippen molar-refractivity contribution in [1.29, 1.82) is 5.26 Å². The van der Waals surface area contributed by atoms with E-state index in [4.69, 9.17) is 14.4 Å². The lowest BCUT2D eigenvalue weighted by Crippen LogP contribution is -1.83. The van der Waals surface area contributed by atoms with Crippen molar-refractivity contribution in [3.8, 4) is 23.3 Å². The van der Waals surface area contributed by atoms with E-state index >= 15 is 0 Å². The minimum absolute atomic E-state index is 0.0483. The number of benzene rings is 1. The topological polar surface area (TPSA) is 71.9 Å². The number of nitrogens with zero attached hydrogens (tertiary/aromatic N) is 3. The third kappa shape index (κ3) is 1.79. The first-order valence-electron chi connectivity index (χ1n) is 4.21. The zero-order valence-corrected chi connectivity index (χ0v) is 7.97. The molecule has 0 N–H and O–H groups in total. The molecular formula is C10H7N3O2. The molecule has 2 aromatic rings. The molecule has 1 aromatic carbocycles. The summed E-state index contributed by atoms with van der Waals surface area (Å²) in [4.78, 5) is 0. The molecule has 0 spiro atoms. The van der Waals surface area contributed by atoms with Gasteiger partial charge in [0.2, 0.25) is 5.89 Å². The van der Waals surface area contributed by atoms with Gasteiger partial charge in [-0.15, -0.1) is 5.10 Å². The number of methoxy groups -OCH3 is 1. The van der Waals surface area contributed by atoms with Crippen LogP contribution in [0.3, 0.4) is 0 Å². The quantitative estimate of drug-likeness (QED) is 0.738. The lowest BCUT2D eigenvalue weighted by atomic mass is 10.2. The number of ether oxygens (including phenoxy) is 1. The molecule has 0 bridgehead atoms. The van der Waals surface area contributed by atoms with E-state index in [0.29, 0.717) is 11.6 Å². The Hall–Kier alpha value is -2.35. The fraction of sp³-hybridized carbons (Fsp3) is 0.100. The highest BCUT2D eigenvalue weighted by Crippen LogP contribution is 2.22. The molecular weight excluding hydrogens is 194 g/mol. The Morgan fingerprint density at radius 1 is 1.40 bits per heavy atom. The van der Waals surface area contributed by atoms with Crippen LogP contribution in [0.2, 0.25) is 0 Å². The lowest BCUT2D eigenvalue weighted by Gasteiger charge is -1.99. The van der Waals surface area contributed by atoms with Crippen molar-refractivity contribution in [3.05, 3.63) is 30.2 Å². The average Bonchev–Trinajstić information content (AvgIpc) is 2.78. The number of aromatic nitrogens is 2. The third-order valence-corrected chi connectivity index (χ3v) is 1.84. The van der Waals surface area contributed by atoms with E-state index < -0.39 is 0 Å². The molecule has 0 unspecified atom stereocenters. The van der Waals surface area contributed by atoms with E-state index in [1.54, 1.807) is 25.3 Å². The van der Waals surface area contributed by atoms with Crippen LogP contribution in [-0.4, -0.2) is 17.3 Å². The Bertz CT molecular complexity index is 513. The van der Waals surface area contributed by atoms with Crippen LogP contribution in [0, 0.1) is 11.3 Å². The highest BCUT2D eigenvalue weighted by atomic mass is 16.5. The number of nitriles is 1. The second kappa shape index (κ2) is 3.80. The van der Waals surface area contributed by atoms with Gasteiger partial charge in [-0.05, 0) is 18.2 Å². The molecule has 0 aliphatic carbocycles. The van der Waals surface area contributed by atoms with E-state index in [1.807, 2.05) is 12.1 Å². The Morgan fingerprint density at radius 2 is 2.27 bits per heavy atom. The summed E-state index contributed by atoms with van der Waals surface area (Å²) in [6.07, 6.45) is 0. The maximum atomic E-state index is 8.53. The van der Waals surface area contributed by atoms with Gasteiger partial charge in [-0.2, -0.15) is 5.26 Å². The van der Waals surface area contributed by atoms with Gasteiger partial charge in [0, 0.05) is 5.56 Å². The first-order valence-corrected chi connectivity index (χ1v) is 4.21. The van der Waals surface area contributed by atoms with Gasteiger partial charge in [0.15, 0.2) is 6.07 Å². The number of hydrogen-bond donors (Lipinski definition) is 0. The van der Waals surface area contributed by atoms with Gasteiger partial charge in [-0.25, -0.2) is 0 Å². The molecule has 2 rings (SSSR count). The van der Waals surface area contributed by atoms with Crippen LogP contribution in [0.15, 0.2) is 28.7 Å². The van der Waals surface area contributed by atoms with E-state index in [9.17, 15) is 0 Å². The van der Waals surface area contributed by atoms with Crippen LogP contribution >= 0.6 is 0 Å². The number of rotatable bonds is 2. The van der Waals surface area contributed by atoms with Crippen molar-refractivity contribution in [3.63, 3.8) is 0 Å². The van der Waals surface area contributed by atoms with Crippen molar-refractivity contribution in [2.75, 3.05) is 7.11 Å². The monoisotopic (exact) mass is 201 g/mol. The Labute approximate surface area is 85.9 Å². The molecule has 0 aliphatic rings. The van der Waals surface area contributed by atoms with E-state index in [0.717, 1.165) is 5.56 Å². The minimum atomic E-state index is -0.0483. The van der Waals surface area contributed by atoms with E-state index in [-0.39, 0.29) is 5.89 Å². The maximum absolute atomic E-state index is 8.53. The molecule has 1 heterocycles. The van der Waals surface area contributed by atoms with Crippen molar-refractivity contribution in [2.45, 2.75) is 0 Å². The molecule has 5 nitrogen and oxygen atoms in total. The Morgan fingerprint density at radius 3 is 2.93 bits per heavy atom. The van der Waals surface area contributed by atoms with Gasteiger partial charge in [-0.1, -0.05) is 11.2 Å². The summed E-state index contributed by atoms with van der Waals surface area (Å²) < 4.78 is 10.1. The highest BCUT2D eigenvalue weighted by Gasteiger charge is 2.08. The van der Waals surface area contributed by atoms with Crippen LogP contribution in [-0.2, 0) is 0 Å². The van der Waals surface area contributed by atoms with Crippen molar-refractivity contribution in [2.24, 2.45) is 0 Å². The summed E-state index contributed by atoms with van der Waals surface area (Å²) in [5.74, 6) is 0.961. The molecule has 5 heteroatoms. The van der Waals surface area contributed by atoms with Crippen LogP contribution < -0.4 is 4.74 Å². The molecule has 0 amide bonds. The molecule has 0 saturated carbocycles. The van der Waals surface area contributed by atoms with E-state index in [2.05, 4.69) is 10.2 Å². The average molecular weight is 201 g/mol. The van der Waals surface area contributed by atoms with Gasteiger partial charge in [0.05, 0.1) is 7.11 Å². The summed E-state index contributed by atoms with van der Waals surface area (Å²) in [6, 6.07) is 8.96.